The summed E-state index contributed by atoms with van der Waals surface area (Å²) in [5.74, 6) is -5.42. The smallest absolute Gasteiger partial charge is 0.331 e. The summed E-state index contributed by atoms with van der Waals surface area (Å²) in [6.07, 6.45) is -33.0. The number of fused-ring (bicyclic) bond motifs is 1. The van der Waals surface area contributed by atoms with E-state index in [-0.39, 0.29) is 11.3 Å². The van der Waals surface area contributed by atoms with Gasteiger partial charge in [-0.1, -0.05) is 12.1 Å². The van der Waals surface area contributed by atoms with Gasteiger partial charge in [0.05, 0.1) is 24.9 Å². The maximum Gasteiger partial charge on any atom is 0.331 e. The number of ether oxygens (including phenoxy) is 9. The topological polar surface area (TPSA) is 414 Å². The van der Waals surface area contributed by atoms with Gasteiger partial charge in [-0.3, -0.25) is 4.79 Å². The lowest BCUT2D eigenvalue weighted by Gasteiger charge is -2.47. The third kappa shape index (κ3) is 11.0. The zero-order valence-electron chi connectivity index (χ0n) is 39.3. The highest BCUT2D eigenvalue weighted by Crippen LogP contribution is 2.43. The molecule has 74 heavy (non-hydrogen) atoms. The monoisotopic (exact) mass is 1050 g/mol. The summed E-state index contributed by atoms with van der Waals surface area (Å²) >= 11 is 0. The van der Waals surface area contributed by atoms with E-state index in [9.17, 15) is 76.3 Å². The zero-order chi connectivity index (χ0) is 53.6. The van der Waals surface area contributed by atoms with Gasteiger partial charge in [-0.15, -0.1) is 0 Å². The lowest BCUT2D eigenvalue weighted by Crippen LogP contribution is -2.66. The average molecular weight is 1050 g/mol. The van der Waals surface area contributed by atoms with Crippen LogP contribution in [0, 0.1) is 0 Å². The third-order valence-corrected chi connectivity index (χ3v) is 13.0. The molecular formula is C48H56O26. The molecule has 26 heteroatoms. The summed E-state index contributed by atoms with van der Waals surface area (Å²) in [5, 5.41) is 149. The van der Waals surface area contributed by atoms with Crippen LogP contribution in [0.4, 0.5) is 0 Å². The van der Waals surface area contributed by atoms with Crippen LogP contribution in [0.25, 0.3) is 28.4 Å². The number of benzene rings is 3. The van der Waals surface area contributed by atoms with E-state index in [0.29, 0.717) is 5.56 Å². The van der Waals surface area contributed by atoms with Gasteiger partial charge in [0, 0.05) is 11.6 Å². The molecule has 404 valence electrons. The first-order chi connectivity index (χ1) is 35.0. The fraction of sp³-hybridized carbons (Fsp3) is 0.500. The number of carbonyl (C=O) groups is 1. The molecule has 20 atom stereocenters. The van der Waals surface area contributed by atoms with Crippen molar-refractivity contribution in [1.29, 1.82) is 0 Å². The minimum atomic E-state index is -2.23. The second-order valence-electron chi connectivity index (χ2n) is 18.2. The zero-order valence-corrected chi connectivity index (χ0v) is 39.3. The fourth-order valence-corrected chi connectivity index (χ4v) is 8.59. The molecular weight excluding hydrogens is 993 g/mol. The molecule has 26 nitrogen and oxygen atoms in total. The van der Waals surface area contributed by atoms with Gasteiger partial charge in [0.15, 0.2) is 53.4 Å². The lowest BCUT2D eigenvalue weighted by molar-refractivity contribution is -0.360. The number of aromatic hydroxyl groups is 4. The van der Waals surface area contributed by atoms with Crippen LogP contribution in [-0.4, -0.2) is 207 Å². The Morgan fingerprint density at radius 1 is 0.581 bits per heavy atom. The van der Waals surface area contributed by atoms with Gasteiger partial charge in [-0.05, 0) is 74.9 Å². The Morgan fingerprint density at radius 2 is 1.15 bits per heavy atom. The minimum Gasteiger partial charge on any atom is -0.508 e. The Hall–Kier alpha value is -5.76. The number of phenols is 4. The van der Waals surface area contributed by atoms with Crippen LogP contribution in [0.15, 0.2) is 69.9 Å². The number of aliphatic hydroxyl groups is 10. The Kier molecular flexibility index (Phi) is 16.4. The van der Waals surface area contributed by atoms with Crippen molar-refractivity contribution in [2.75, 3.05) is 6.61 Å². The summed E-state index contributed by atoms with van der Waals surface area (Å²) < 4.78 is 59.2. The standard InChI is InChI=1S/C48H56O26/c1-16-29(54)34(59)37(62)45(66-16)65-15-26-32(57)42(71-27(53)13-6-19-4-8-21(49)9-5-19)44(74-47-39(64)36(61)31(56)18(3)68-47)48(70-26)73-43-33(58)28-23(51)11-12-25(69-46-38(63)35(60)30(55)17(2)67-46)41(28)72-40(43)20-7-10-22(50)24(52)14-20/h4-14,16-18,26,29-32,34-39,42,44-52,54-57,59-64H,15H2,1-3H3/b13-6+/t16-,17-,18-,26+,29-,30-,31-,32-,34+,35+,36+,37+,38+,39+,42-,44+,45+,46-,47-,48-/m0/s1. The molecule has 0 radical (unpaired) electrons. The largest absolute Gasteiger partial charge is 0.508 e. The number of phenolic OH excluding ortho intramolecular Hbond substituents is 4. The van der Waals surface area contributed by atoms with Crippen LogP contribution in [-0.2, 0) is 38.0 Å². The Morgan fingerprint density at radius 3 is 1.77 bits per heavy atom. The van der Waals surface area contributed by atoms with Crippen LogP contribution < -0.4 is 14.9 Å². The number of aliphatic hydroxyl groups excluding tert-OH is 10. The van der Waals surface area contributed by atoms with E-state index < -0.39 is 186 Å². The highest BCUT2D eigenvalue weighted by atomic mass is 16.8. The van der Waals surface area contributed by atoms with Crippen molar-refractivity contribution < 1.29 is 123 Å². The molecule has 3 aromatic carbocycles. The maximum atomic E-state index is 15.0. The molecule has 5 heterocycles. The van der Waals surface area contributed by atoms with Crippen LogP contribution in [0.1, 0.15) is 26.3 Å². The molecule has 0 spiro atoms. The fourth-order valence-electron chi connectivity index (χ4n) is 8.59. The molecule has 1 aromatic heterocycles. The van der Waals surface area contributed by atoms with Crippen molar-refractivity contribution >= 4 is 23.0 Å². The van der Waals surface area contributed by atoms with Gasteiger partial charge in [0.1, 0.15) is 84.0 Å². The summed E-state index contributed by atoms with van der Waals surface area (Å²) in [6.45, 7) is 3.22. The summed E-state index contributed by atoms with van der Waals surface area (Å²) in [4.78, 5) is 28.8. The van der Waals surface area contributed by atoms with Gasteiger partial charge in [-0.25, -0.2) is 4.79 Å². The number of esters is 1. The second-order valence-corrected chi connectivity index (χ2v) is 18.2. The molecule has 0 saturated carbocycles. The van der Waals surface area contributed by atoms with E-state index in [1.807, 2.05) is 0 Å². The first-order valence-electron chi connectivity index (χ1n) is 23.1. The van der Waals surface area contributed by atoms with Gasteiger partial charge >= 0.3 is 5.97 Å². The number of carbonyl (C=O) groups excluding carboxylic acids is 1. The molecule has 14 N–H and O–H groups in total. The van der Waals surface area contributed by atoms with E-state index >= 15 is 4.79 Å². The first-order valence-corrected chi connectivity index (χ1v) is 23.1. The Labute approximate surface area is 418 Å². The van der Waals surface area contributed by atoms with Gasteiger partial charge in [0.25, 0.3) is 0 Å². The molecule has 0 amide bonds. The number of hydrogen-bond acceptors (Lipinski definition) is 26. The van der Waals surface area contributed by atoms with Crippen LogP contribution >= 0.6 is 0 Å². The van der Waals surface area contributed by atoms with Crippen molar-refractivity contribution in [3.05, 3.63) is 76.5 Å². The van der Waals surface area contributed by atoms with E-state index in [4.69, 9.17) is 47.0 Å². The molecule has 0 bridgehead atoms. The minimum absolute atomic E-state index is 0.0830. The SMILES string of the molecule is C[C@@H]1O[C@@H](OC[C@H]2O[C@@H](Oc3c(-c4ccc(O)c(O)c4)oc4c(O[C@@H]5O[C@@H](C)[C@H](O)[C@@H](O)[C@H]5O)ccc(O)c4c3=O)[C@H](O[C@@H]3O[C@@H](C)[C@H](O)[C@@H](O)[C@H]3O)[C@@H](OC(=O)/C=C/c3ccc(O)cc3)[C@H]2O)[C@H](O)[C@H](O)[C@H]1O. The summed E-state index contributed by atoms with van der Waals surface area (Å²) in [7, 11) is 0. The molecule has 0 unspecified atom stereocenters. The molecule has 4 saturated heterocycles. The predicted molar refractivity (Wildman–Crippen MR) is 244 cm³/mol. The third-order valence-electron chi connectivity index (χ3n) is 13.0. The summed E-state index contributed by atoms with van der Waals surface area (Å²) in [5.41, 5.74) is -1.69. The predicted octanol–water partition coefficient (Wildman–Crippen LogP) is -2.36. The average Bonchev–Trinajstić information content (AvgIpc) is 3.37. The van der Waals surface area contributed by atoms with Crippen molar-refractivity contribution in [3.63, 3.8) is 0 Å². The molecule has 4 aromatic rings. The van der Waals surface area contributed by atoms with E-state index in [0.717, 1.165) is 36.4 Å². The maximum absolute atomic E-state index is 15.0. The lowest BCUT2D eigenvalue weighted by atomic mass is 9.97. The Bertz CT molecular complexity index is 2700. The van der Waals surface area contributed by atoms with E-state index in [1.165, 1.54) is 51.1 Å². The quantitative estimate of drug-likeness (QED) is 0.0378. The highest BCUT2D eigenvalue weighted by Gasteiger charge is 2.54. The van der Waals surface area contributed by atoms with Gasteiger partial charge in [0.2, 0.25) is 23.8 Å². The van der Waals surface area contributed by atoms with Crippen LogP contribution in [0.2, 0.25) is 0 Å². The van der Waals surface area contributed by atoms with Crippen molar-refractivity contribution in [3.8, 4) is 45.8 Å². The first kappa shape index (κ1) is 54.5. The summed E-state index contributed by atoms with van der Waals surface area (Å²) in [6, 6.07) is 10.7. The van der Waals surface area contributed by atoms with Crippen molar-refractivity contribution in [2.24, 2.45) is 0 Å². The molecule has 8 rings (SSSR count). The van der Waals surface area contributed by atoms with Crippen LogP contribution in [0.3, 0.4) is 0 Å². The number of hydrogen-bond donors (Lipinski definition) is 14. The van der Waals surface area contributed by atoms with Crippen LogP contribution in [0.5, 0.6) is 34.5 Å². The molecule has 0 aliphatic carbocycles. The molecule has 4 aliphatic heterocycles. The normalized spacial score (nSPS) is 36.7. The van der Waals surface area contributed by atoms with Gasteiger partial charge < -0.3 is 119 Å². The molecule has 4 aliphatic rings. The highest BCUT2D eigenvalue weighted by molar-refractivity contribution is 5.91. The molecule has 4 fully saturated rings. The van der Waals surface area contributed by atoms with Crippen molar-refractivity contribution in [1.82, 2.24) is 0 Å². The van der Waals surface area contributed by atoms with E-state index in [2.05, 4.69) is 0 Å². The second kappa shape index (κ2) is 22.2. The van der Waals surface area contributed by atoms with E-state index in [1.54, 1.807) is 0 Å². The van der Waals surface area contributed by atoms with Gasteiger partial charge in [-0.2, -0.15) is 0 Å². The number of rotatable bonds is 13. The van der Waals surface area contributed by atoms with Crippen molar-refractivity contribution in [2.45, 2.75) is 144 Å². The Balaban J connectivity index is 1.26.